The molecule has 2 aromatic rings. The second-order valence-corrected chi connectivity index (χ2v) is 4.84. The Morgan fingerprint density at radius 1 is 0.900 bits per heavy atom. The maximum absolute atomic E-state index is 13.7. The van der Waals surface area contributed by atoms with Gasteiger partial charge in [-0.15, -0.1) is 0 Å². The first-order valence-corrected chi connectivity index (χ1v) is 6.52. The number of rotatable bonds is 4. The van der Waals surface area contributed by atoms with Crippen LogP contribution in [0.1, 0.15) is 37.1 Å². The van der Waals surface area contributed by atoms with E-state index in [1.165, 1.54) is 18.2 Å². The molecule has 0 bridgehead atoms. The highest BCUT2D eigenvalue weighted by Gasteiger charge is 2.18. The van der Waals surface area contributed by atoms with Crippen molar-refractivity contribution in [1.82, 2.24) is 5.32 Å². The lowest BCUT2D eigenvalue weighted by Crippen LogP contribution is -2.23. The van der Waals surface area contributed by atoms with Crippen molar-refractivity contribution in [1.29, 1.82) is 0 Å². The van der Waals surface area contributed by atoms with E-state index in [9.17, 15) is 14.6 Å². The Morgan fingerprint density at radius 3 is 2.10 bits per heavy atom. The SMILES string of the molecule is CC(N[C@H](C)c1ccccc1F)c1c(O)cccc1O. The largest absolute Gasteiger partial charge is 0.507 e. The highest BCUT2D eigenvalue weighted by atomic mass is 19.1. The number of phenolic OH excluding ortho intramolecular Hbond substituents is 2. The molecule has 0 radical (unpaired) electrons. The van der Waals surface area contributed by atoms with Gasteiger partial charge in [0.25, 0.3) is 0 Å². The molecule has 0 spiro atoms. The minimum absolute atomic E-state index is 0.0192. The molecule has 2 aromatic carbocycles. The summed E-state index contributed by atoms with van der Waals surface area (Å²) in [6.45, 7) is 3.65. The normalized spacial score (nSPS) is 13.9. The Labute approximate surface area is 117 Å². The smallest absolute Gasteiger partial charge is 0.127 e. The lowest BCUT2D eigenvalue weighted by Gasteiger charge is -2.22. The molecule has 0 amide bonds. The van der Waals surface area contributed by atoms with Crippen LogP contribution >= 0.6 is 0 Å². The molecule has 2 rings (SSSR count). The van der Waals surface area contributed by atoms with Gasteiger partial charge in [0.1, 0.15) is 17.3 Å². The van der Waals surface area contributed by atoms with E-state index in [0.29, 0.717) is 11.1 Å². The van der Waals surface area contributed by atoms with Crippen LogP contribution in [0.4, 0.5) is 4.39 Å². The van der Waals surface area contributed by atoms with Crippen LogP contribution in [0.25, 0.3) is 0 Å². The first-order chi connectivity index (χ1) is 9.50. The van der Waals surface area contributed by atoms with E-state index < -0.39 is 0 Å². The van der Waals surface area contributed by atoms with Crippen LogP contribution in [-0.4, -0.2) is 10.2 Å². The summed E-state index contributed by atoms with van der Waals surface area (Å²) in [6, 6.07) is 10.6. The predicted octanol–water partition coefficient (Wildman–Crippen LogP) is 3.65. The van der Waals surface area contributed by atoms with E-state index in [0.717, 1.165) is 0 Å². The molecule has 0 aliphatic carbocycles. The van der Waals surface area contributed by atoms with Crippen LogP contribution in [0.15, 0.2) is 42.5 Å². The summed E-state index contributed by atoms with van der Waals surface area (Å²) in [7, 11) is 0. The molecular weight excluding hydrogens is 257 g/mol. The quantitative estimate of drug-likeness (QED) is 0.798. The lowest BCUT2D eigenvalue weighted by molar-refractivity contribution is 0.404. The van der Waals surface area contributed by atoms with Gasteiger partial charge in [0, 0.05) is 17.6 Å². The number of hydrogen-bond donors (Lipinski definition) is 3. The summed E-state index contributed by atoms with van der Waals surface area (Å²) in [4.78, 5) is 0. The maximum atomic E-state index is 13.7. The van der Waals surface area contributed by atoms with Crippen LogP contribution in [0.5, 0.6) is 11.5 Å². The Kier molecular flexibility index (Phi) is 4.25. The van der Waals surface area contributed by atoms with E-state index in [4.69, 9.17) is 0 Å². The zero-order valence-corrected chi connectivity index (χ0v) is 11.5. The molecule has 3 N–H and O–H groups in total. The van der Waals surface area contributed by atoms with Crippen molar-refractivity contribution in [3.8, 4) is 11.5 Å². The van der Waals surface area contributed by atoms with Crippen molar-refractivity contribution in [3.63, 3.8) is 0 Å². The van der Waals surface area contributed by atoms with Crippen LogP contribution in [0.3, 0.4) is 0 Å². The molecule has 0 fully saturated rings. The van der Waals surface area contributed by atoms with E-state index in [1.807, 2.05) is 13.8 Å². The predicted molar refractivity (Wildman–Crippen MR) is 76.1 cm³/mol. The summed E-state index contributed by atoms with van der Waals surface area (Å²) in [5.41, 5.74) is 0.963. The van der Waals surface area contributed by atoms with Crippen LogP contribution in [-0.2, 0) is 0 Å². The summed E-state index contributed by atoms with van der Waals surface area (Å²) >= 11 is 0. The van der Waals surface area contributed by atoms with Gasteiger partial charge in [-0.2, -0.15) is 0 Å². The van der Waals surface area contributed by atoms with Crippen LogP contribution in [0.2, 0.25) is 0 Å². The molecule has 0 saturated heterocycles. The molecule has 0 saturated carbocycles. The molecule has 0 aliphatic heterocycles. The van der Waals surface area contributed by atoms with Gasteiger partial charge >= 0.3 is 0 Å². The van der Waals surface area contributed by atoms with Crippen molar-refractivity contribution in [2.24, 2.45) is 0 Å². The third kappa shape index (κ3) is 2.91. The molecule has 2 atom stereocenters. The van der Waals surface area contributed by atoms with Gasteiger partial charge < -0.3 is 15.5 Å². The van der Waals surface area contributed by atoms with Crippen molar-refractivity contribution >= 4 is 0 Å². The topological polar surface area (TPSA) is 52.5 Å². The molecule has 3 nitrogen and oxygen atoms in total. The van der Waals surface area contributed by atoms with Gasteiger partial charge in [0.2, 0.25) is 0 Å². The standard InChI is InChI=1S/C16H18FNO2/c1-10(12-6-3-4-7-13(12)17)18-11(2)16-14(19)8-5-9-15(16)20/h3-11,18-20H,1-2H3/t10-,11?/m1/s1. The number of hydrogen-bond acceptors (Lipinski definition) is 3. The average molecular weight is 275 g/mol. The maximum Gasteiger partial charge on any atom is 0.127 e. The molecule has 106 valence electrons. The highest BCUT2D eigenvalue weighted by Crippen LogP contribution is 2.33. The van der Waals surface area contributed by atoms with E-state index >= 15 is 0 Å². The van der Waals surface area contributed by atoms with Gasteiger partial charge in [0.15, 0.2) is 0 Å². The number of halogens is 1. The molecular formula is C16H18FNO2. The lowest BCUT2D eigenvalue weighted by atomic mass is 10.0. The monoisotopic (exact) mass is 275 g/mol. The van der Waals surface area contributed by atoms with Crippen molar-refractivity contribution in [2.45, 2.75) is 25.9 Å². The second-order valence-electron chi connectivity index (χ2n) is 4.84. The van der Waals surface area contributed by atoms with Crippen molar-refractivity contribution < 1.29 is 14.6 Å². The molecule has 20 heavy (non-hydrogen) atoms. The molecule has 4 heteroatoms. The summed E-state index contributed by atoms with van der Waals surface area (Å²) < 4.78 is 13.7. The molecule has 0 aromatic heterocycles. The molecule has 1 unspecified atom stereocenters. The summed E-state index contributed by atoms with van der Waals surface area (Å²) in [5, 5.41) is 22.8. The van der Waals surface area contributed by atoms with Gasteiger partial charge in [-0.25, -0.2) is 4.39 Å². The van der Waals surface area contributed by atoms with Gasteiger partial charge in [-0.1, -0.05) is 24.3 Å². The third-order valence-corrected chi connectivity index (χ3v) is 3.36. The van der Waals surface area contributed by atoms with Crippen LogP contribution < -0.4 is 5.32 Å². The third-order valence-electron chi connectivity index (χ3n) is 3.36. The fraction of sp³-hybridized carbons (Fsp3) is 0.250. The fourth-order valence-corrected chi connectivity index (χ4v) is 2.36. The van der Waals surface area contributed by atoms with Gasteiger partial charge in [-0.05, 0) is 32.0 Å². The van der Waals surface area contributed by atoms with Gasteiger partial charge in [-0.3, -0.25) is 0 Å². The van der Waals surface area contributed by atoms with Crippen LogP contribution in [0, 0.1) is 5.82 Å². The van der Waals surface area contributed by atoms with E-state index in [2.05, 4.69) is 5.32 Å². The first-order valence-electron chi connectivity index (χ1n) is 6.52. The second kappa shape index (κ2) is 5.92. The number of benzene rings is 2. The number of nitrogens with one attached hydrogen (secondary N) is 1. The zero-order chi connectivity index (χ0) is 14.7. The zero-order valence-electron chi connectivity index (χ0n) is 11.5. The van der Waals surface area contributed by atoms with Crippen molar-refractivity contribution in [3.05, 3.63) is 59.4 Å². The summed E-state index contributed by atoms with van der Waals surface area (Å²) in [6.07, 6.45) is 0. The Balaban J connectivity index is 2.20. The Morgan fingerprint density at radius 2 is 1.50 bits per heavy atom. The van der Waals surface area contributed by atoms with E-state index in [1.54, 1.807) is 24.3 Å². The minimum Gasteiger partial charge on any atom is -0.507 e. The Hall–Kier alpha value is -2.07. The first kappa shape index (κ1) is 14.3. The molecule has 0 aliphatic rings. The highest BCUT2D eigenvalue weighted by molar-refractivity contribution is 5.45. The Bertz CT molecular complexity index is 581. The average Bonchev–Trinajstić information content (AvgIpc) is 2.38. The van der Waals surface area contributed by atoms with Crippen molar-refractivity contribution in [2.75, 3.05) is 0 Å². The molecule has 0 heterocycles. The summed E-state index contributed by atoms with van der Waals surface area (Å²) in [5.74, 6) is -0.238. The number of aromatic hydroxyl groups is 2. The van der Waals surface area contributed by atoms with Gasteiger partial charge in [0.05, 0.1) is 5.56 Å². The van der Waals surface area contributed by atoms with E-state index in [-0.39, 0.29) is 29.4 Å². The minimum atomic E-state index is -0.314. The number of phenols is 2. The fourth-order valence-electron chi connectivity index (χ4n) is 2.36.